The van der Waals surface area contributed by atoms with Gasteiger partial charge >= 0.3 is 0 Å². The normalized spacial score (nSPS) is 12.7. The van der Waals surface area contributed by atoms with Gasteiger partial charge in [-0.05, 0) is 22.8 Å². The molecule has 0 fully saturated rings. The first-order chi connectivity index (χ1) is 8.66. The molecule has 2 rings (SSSR count). The average molecular weight is 238 g/mol. The van der Waals surface area contributed by atoms with Crippen LogP contribution in [0.3, 0.4) is 0 Å². The largest absolute Gasteiger partial charge is 0.383 e. The lowest BCUT2D eigenvalue weighted by molar-refractivity contribution is 0.829. The summed E-state index contributed by atoms with van der Waals surface area (Å²) in [5, 5.41) is 2.40. The second-order valence-corrected chi connectivity index (χ2v) is 4.66. The Morgan fingerprint density at radius 1 is 1.11 bits per heavy atom. The minimum absolute atomic E-state index is 0.484. The second kappa shape index (κ2) is 5.50. The number of nitrogens with two attached hydrogens (primary N) is 1. The number of hydrogen-bond acceptors (Lipinski definition) is 1. The molecular weight excluding hydrogens is 220 g/mol. The van der Waals surface area contributed by atoms with Crippen LogP contribution in [0.4, 0.5) is 0 Å². The predicted molar refractivity (Wildman–Crippen MR) is 78.7 cm³/mol. The molecule has 0 spiro atoms. The van der Waals surface area contributed by atoms with Crippen molar-refractivity contribution in [2.75, 3.05) is 0 Å². The molecule has 92 valence electrons. The van der Waals surface area contributed by atoms with E-state index in [1.807, 2.05) is 24.3 Å². The van der Waals surface area contributed by atoms with Crippen LogP contribution in [0, 0.1) is 5.92 Å². The Morgan fingerprint density at radius 2 is 1.83 bits per heavy atom. The predicted octanol–water partition coefficient (Wildman–Crippen LogP) is 3.71. The summed E-state index contributed by atoms with van der Waals surface area (Å²) in [4.78, 5) is 4.26. The number of amidine groups is 1. The summed E-state index contributed by atoms with van der Waals surface area (Å²) in [6.07, 6.45) is 3.79. The third kappa shape index (κ3) is 2.98. The molecule has 0 saturated heterocycles. The van der Waals surface area contributed by atoms with E-state index < -0.39 is 0 Å². The molecule has 2 aromatic rings. The number of benzene rings is 2. The van der Waals surface area contributed by atoms with Crippen molar-refractivity contribution in [1.82, 2.24) is 0 Å². The van der Waals surface area contributed by atoms with E-state index in [2.05, 4.69) is 43.1 Å². The van der Waals surface area contributed by atoms with Gasteiger partial charge in [0.05, 0.1) is 0 Å². The van der Waals surface area contributed by atoms with Crippen molar-refractivity contribution in [1.29, 1.82) is 0 Å². The summed E-state index contributed by atoms with van der Waals surface area (Å²) >= 11 is 0. The molecule has 0 atom stereocenters. The number of fused-ring (bicyclic) bond motifs is 1. The van der Waals surface area contributed by atoms with Gasteiger partial charge in [0.25, 0.3) is 0 Å². The van der Waals surface area contributed by atoms with Gasteiger partial charge in [-0.25, -0.2) is 4.99 Å². The van der Waals surface area contributed by atoms with E-state index in [1.165, 1.54) is 10.8 Å². The Hall–Kier alpha value is -2.09. The Labute approximate surface area is 108 Å². The molecule has 0 bridgehead atoms. The van der Waals surface area contributed by atoms with Crippen LogP contribution in [0.25, 0.3) is 10.8 Å². The van der Waals surface area contributed by atoms with Gasteiger partial charge in [0.15, 0.2) is 0 Å². The van der Waals surface area contributed by atoms with E-state index in [0.717, 1.165) is 5.56 Å². The average Bonchev–Trinajstić information content (AvgIpc) is 2.37. The molecule has 0 heterocycles. The fourth-order valence-electron chi connectivity index (χ4n) is 1.72. The molecule has 0 aliphatic heterocycles. The highest BCUT2D eigenvalue weighted by Crippen LogP contribution is 2.15. The maximum atomic E-state index is 5.97. The van der Waals surface area contributed by atoms with Crippen molar-refractivity contribution in [2.45, 2.75) is 13.8 Å². The van der Waals surface area contributed by atoms with Crippen molar-refractivity contribution in [3.8, 4) is 0 Å². The molecule has 18 heavy (non-hydrogen) atoms. The van der Waals surface area contributed by atoms with Gasteiger partial charge < -0.3 is 5.73 Å². The molecule has 0 unspecified atom stereocenters. The summed E-state index contributed by atoms with van der Waals surface area (Å²) in [5.74, 6) is 1.04. The third-order valence-corrected chi connectivity index (χ3v) is 2.73. The molecule has 0 aromatic heterocycles. The lowest BCUT2D eigenvalue weighted by Crippen LogP contribution is -2.12. The number of nitrogens with zero attached hydrogens (tertiary/aromatic N) is 1. The summed E-state index contributed by atoms with van der Waals surface area (Å²) in [6, 6.07) is 14.4. The van der Waals surface area contributed by atoms with Crippen LogP contribution < -0.4 is 5.73 Å². The van der Waals surface area contributed by atoms with Crippen LogP contribution in [0.5, 0.6) is 0 Å². The van der Waals surface area contributed by atoms with Crippen molar-refractivity contribution >= 4 is 16.6 Å². The fraction of sp³-hybridized carbons (Fsp3) is 0.188. The first kappa shape index (κ1) is 12.4. The number of aliphatic imine (C=N–C) groups is 1. The van der Waals surface area contributed by atoms with Crippen LogP contribution in [0.2, 0.25) is 0 Å². The van der Waals surface area contributed by atoms with Crippen LogP contribution >= 0.6 is 0 Å². The van der Waals surface area contributed by atoms with Crippen molar-refractivity contribution < 1.29 is 0 Å². The zero-order valence-electron chi connectivity index (χ0n) is 10.8. The van der Waals surface area contributed by atoms with E-state index in [1.54, 1.807) is 6.20 Å². The van der Waals surface area contributed by atoms with E-state index in [4.69, 9.17) is 5.73 Å². The van der Waals surface area contributed by atoms with Crippen molar-refractivity contribution in [3.63, 3.8) is 0 Å². The molecule has 0 aliphatic carbocycles. The molecule has 2 nitrogen and oxygen atoms in total. The minimum Gasteiger partial charge on any atom is -0.383 e. The smallest absolute Gasteiger partial charge is 0.130 e. The van der Waals surface area contributed by atoms with Gasteiger partial charge in [-0.15, -0.1) is 0 Å². The quantitative estimate of drug-likeness (QED) is 0.642. The van der Waals surface area contributed by atoms with Gasteiger partial charge in [-0.2, -0.15) is 0 Å². The molecule has 0 amide bonds. The Balaban J connectivity index is 2.30. The molecule has 0 aliphatic rings. The summed E-state index contributed by atoms with van der Waals surface area (Å²) in [6.45, 7) is 4.22. The summed E-state index contributed by atoms with van der Waals surface area (Å²) in [5.41, 5.74) is 6.93. The Kier molecular flexibility index (Phi) is 3.78. The topological polar surface area (TPSA) is 38.4 Å². The molecule has 0 saturated carbocycles. The maximum Gasteiger partial charge on any atom is 0.130 e. The first-order valence-electron chi connectivity index (χ1n) is 6.16. The number of allylic oxidation sites excluding steroid dienone is 1. The highest BCUT2D eigenvalue weighted by molar-refractivity contribution is 6.01. The van der Waals surface area contributed by atoms with Crippen molar-refractivity contribution in [2.24, 2.45) is 16.6 Å². The highest BCUT2D eigenvalue weighted by atomic mass is 14.8. The van der Waals surface area contributed by atoms with Gasteiger partial charge in [-0.3, -0.25) is 0 Å². The SMILES string of the molecule is CC(C)/C=C/N=C(N)c1ccc2ccccc2c1. The molecule has 2 N–H and O–H groups in total. The third-order valence-electron chi connectivity index (χ3n) is 2.73. The maximum absolute atomic E-state index is 5.97. The van der Waals surface area contributed by atoms with Gasteiger partial charge in [0, 0.05) is 11.8 Å². The fourth-order valence-corrected chi connectivity index (χ4v) is 1.72. The van der Waals surface area contributed by atoms with Gasteiger partial charge in [0.2, 0.25) is 0 Å². The highest BCUT2D eigenvalue weighted by Gasteiger charge is 1.99. The Morgan fingerprint density at radius 3 is 2.56 bits per heavy atom. The van der Waals surface area contributed by atoms with Crippen LogP contribution in [0.1, 0.15) is 19.4 Å². The number of hydrogen-bond donors (Lipinski definition) is 1. The van der Waals surface area contributed by atoms with Crippen molar-refractivity contribution in [3.05, 3.63) is 60.3 Å². The molecule has 2 heteroatoms. The van der Waals surface area contributed by atoms with Crippen LogP contribution in [-0.2, 0) is 0 Å². The summed E-state index contributed by atoms with van der Waals surface area (Å²) < 4.78 is 0. The monoisotopic (exact) mass is 238 g/mol. The number of rotatable bonds is 3. The van der Waals surface area contributed by atoms with Crippen LogP contribution in [0.15, 0.2) is 59.7 Å². The van der Waals surface area contributed by atoms with E-state index in [9.17, 15) is 0 Å². The van der Waals surface area contributed by atoms with E-state index in [0.29, 0.717) is 11.8 Å². The zero-order valence-corrected chi connectivity index (χ0v) is 10.8. The first-order valence-corrected chi connectivity index (χ1v) is 6.16. The lowest BCUT2D eigenvalue weighted by atomic mass is 10.1. The summed E-state index contributed by atoms with van der Waals surface area (Å²) in [7, 11) is 0. The second-order valence-electron chi connectivity index (χ2n) is 4.66. The molecule has 0 radical (unpaired) electrons. The Bertz CT molecular complexity index is 595. The van der Waals surface area contributed by atoms with Gasteiger partial charge in [0.1, 0.15) is 5.84 Å². The van der Waals surface area contributed by atoms with E-state index >= 15 is 0 Å². The van der Waals surface area contributed by atoms with Gasteiger partial charge in [-0.1, -0.05) is 56.3 Å². The lowest BCUT2D eigenvalue weighted by Gasteiger charge is -2.02. The zero-order chi connectivity index (χ0) is 13.0. The molecular formula is C16H18N2. The standard InChI is InChI=1S/C16H18N2/c1-12(2)9-10-18-16(17)15-8-7-13-5-3-4-6-14(13)11-15/h3-12H,1-2H3,(H2,17,18)/b10-9+. The van der Waals surface area contributed by atoms with Crippen LogP contribution in [-0.4, -0.2) is 5.84 Å². The minimum atomic E-state index is 0.484. The van der Waals surface area contributed by atoms with E-state index in [-0.39, 0.29) is 0 Å². The molecule has 2 aromatic carbocycles.